The van der Waals surface area contributed by atoms with E-state index in [1.807, 2.05) is 36.4 Å². The van der Waals surface area contributed by atoms with Crippen LogP contribution in [0.2, 0.25) is 0 Å². The van der Waals surface area contributed by atoms with Gasteiger partial charge in [0, 0.05) is 0 Å². The number of allylic oxidation sites excluding steroid dienone is 1. The van der Waals surface area contributed by atoms with Crippen LogP contribution in [0.15, 0.2) is 60.7 Å². The van der Waals surface area contributed by atoms with Crippen LogP contribution >= 0.6 is 0 Å². The number of benzene rings is 2. The Kier molecular flexibility index (Phi) is 3.92. The van der Waals surface area contributed by atoms with E-state index >= 15 is 0 Å². The summed E-state index contributed by atoms with van der Waals surface area (Å²) in [7, 11) is 0. The van der Waals surface area contributed by atoms with Crippen LogP contribution in [0.25, 0.3) is 6.08 Å². The molecule has 0 bridgehead atoms. The van der Waals surface area contributed by atoms with Crippen molar-refractivity contribution in [3.8, 4) is 0 Å². The average Bonchev–Trinajstić information content (AvgIpc) is 2.40. The van der Waals surface area contributed by atoms with Crippen molar-refractivity contribution in [1.82, 2.24) is 0 Å². The third kappa shape index (κ3) is 3.32. The minimum Gasteiger partial charge on any atom is -0.478 e. The van der Waals surface area contributed by atoms with Crippen LogP contribution < -0.4 is 0 Å². The van der Waals surface area contributed by atoms with Gasteiger partial charge in [-0.25, -0.2) is 4.79 Å². The second kappa shape index (κ2) is 5.82. The van der Waals surface area contributed by atoms with Crippen molar-refractivity contribution in [3.63, 3.8) is 0 Å². The molecule has 0 saturated heterocycles. The van der Waals surface area contributed by atoms with Crippen molar-refractivity contribution in [3.05, 3.63) is 77.4 Å². The number of carbonyl (C=O) groups is 1. The molecule has 1 N–H and O–H groups in total. The fraction of sp³-hybridized carbons (Fsp3) is 0.0625. The van der Waals surface area contributed by atoms with E-state index in [1.54, 1.807) is 18.2 Å². The summed E-state index contributed by atoms with van der Waals surface area (Å²) in [6.45, 7) is 0. The lowest BCUT2D eigenvalue weighted by molar-refractivity contribution is 0.0697. The van der Waals surface area contributed by atoms with Gasteiger partial charge in [0.1, 0.15) is 0 Å². The molecular formula is C16H14O2. The lowest BCUT2D eigenvalue weighted by atomic mass is 10.1. The van der Waals surface area contributed by atoms with Gasteiger partial charge in [0.25, 0.3) is 0 Å². The zero-order valence-electron chi connectivity index (χ0n) is 9.91. The first-order valence-corrected chi connectivity index (χ1v) is 5.79. The van der Waals surface area contributed by atoms with Crippen LogP contribution in [0.5, 0.6) is 0 Å². The highest BCUT2D eigenvalue weighted by molar-refractivity contribution is 5.88. The zero-order valence-corrected chi connectivity index (χ0v) is 9.91. The maximum absolute atomic E-state index is 10.8. The van der Waals surface area contributed by atoms with Gasteiger partial charge in [0.15, 0.2) is 0 Å². The molecule has 2 nitrogen and oxygen atoms in total. The van der Waals surface area contributed by atoms with Crippen molar-refractivity contribution in [1.29, 1.82) is 0 Å². The Bertz CT molecular complexity index is 556. The summed E-state index contributed by atoms with van der Waals surface area (Å²) in [6, 6.07) is 17.1. The molecule has 0 atom stereocenters. The molecule has 0 spiro atoms. The van der Waals surface area contributed by atoms with Crippen LogP contribution in [0.1, 0.15) is 21.5 Å². The van der Waals surface area contributed by atoms with Gasteiger partial charge in [0.2, 0.25) is 0 Å². The molecule has 0 unspecified atom stereocenters. The number of aromatic carboxylic acids is 1. The topological polar surface area (TPSA) is 37.3 Å². The van der Waals surface area contributed by atoms with Crippen LogP contribution in [-0.4, -0.2) is 11.1 Å². The normalized spacial score (nSPS) is 10.7. The maximum atomic E-state index is 10.8. The Labute approximate surface area is 106 Å². The van der Waals surface area contributed by atoms with Crippen molar-refractivity contribution in [2.45, 2.75) is 6.42 Å². The summed E-state index contributed by atoms with van der Waals surface area (Å²) in [4.78, 5) is 10.8. The fourth-order valence-corrected chi connectivity index (χ4v) is 1.72. The molecule has 0 aliphatic carbocycles. The number of carboxylic acids is 1. The number of hydrogen-bond acceptors (Lipinski definition) is 1. The summed E-state index contributed by atoms with van der Waals surface area (Å²) in [5, 5.41) is 8.89. The van der Waals surface area contributed by atoms with Gasteiger partial charge >= 0.3 is 5.97 Å². The number of carboxylic acid groups (broad SMARTS) is 1. The van der Waals surface area contributed by atoms with Crippen molar-refractivity contribution in [2.24, 2.45) is 0 Å². The third-order valence-electron chi connectivity index (χ3n) is 2.64. The van der Waals surface area contributed by atoms with Crippen LogP contribution in [-0.2, 0) is 6.42 Å². The maximum Gasteiger partial charge on any atom is 0.335 e. The van der Waals surface area contributed by atoms with Gasteiger partial charge in [-0.1, -0.05) is 54.6 Å². The third-order valence-corrected chi connectivity index (χ3v) is 2.64. The number of hydrogen-bond donors (Lipinski definition) is 1. The molecule has 90 valence electrons. The van der Waals surface area contributed by atoms with Gasteiger partial charge in [-0.05, 0) is 29.7 Å². The summed E-state index contributed by atoms with van der Waals surface area (Å²) < 4.78 is 0. The molecular weight excluding hydrogens is 224 g/mol. The van der Waals surface area contributed by atoms with Crippen molar-refractivity contribution in [2.75, 3.05) is 0 Å². The second-order valence-corrected chi connectivity index (χ2v) is 4.02. The molecule has 2 rings (SSSR count). The number of rotatable bonds is 4. The first kappa shape index (κ1) is 12.1. The minimum absolute atomic E-state index is 0.317. The summed E-state index contributed by atoms with van der Waals surface area (Å²) in [6.07, 6.45) is 4.83. The van der Waals surface area contributed by atoms with E-state index in [-0.39, 0.29) is 0 Å². The van der Waals surface area contributed by atoms with Gasteiger partial charge in [-0.2, -0.15) is 0 Å². The molecule has 0 saturated carbocycles. The Morgan fingerprint density at radius 3 is 2.56 bits per heavy atom. The summed E-state index contributed by atoms with van der Waals surface area (Å²) >= 11 is 0. The monoisotopic (exact) mass is 238 g/mol. The molecule has 0 radical (unpaired) electrons. The molecule has 2 aromatic carbocycles. The van der Waals surface area contributed by atoms with Crippen LogP contribution in [0.3, 0.4) is 0 Å². The summed E-state index contributed by atoms with van der Waals surface area (Å²) in [5.41, 5.74) is 2.46. The van der Waals surface area contributed by atoms with Crippen molar-refractivity contribution < 1.29 is 9.90 Å². The van der Waals surface area contributed by atoms with Gasteiger partial charge in [0.05, 0.1) is 5.56 Å². The van der Waals surface area contributed by atoms with E-state index in [2.05, 4.69) is 12.1 Å². The molecule has 0 aliphatic rings. The highest BCUT2D eigenvalue weighted by Gasteiger charge is 2.00. The first-order valence-electron chi connectivity index (χ1n) is 5.79. The Morgan fingerprint density at radius 1 is 1.06 bits per heavy atom. The second-order valence-electron chi connectivity index (χ2n) is 4.02. The average molecular weight is 238 g/mol. The van der Waals surface area contributed by atoms with E-state index in [0.29, 0.717) is 5.56 Å². The Morgan fingerprint density at radius 2 is 1.83 bits per heavy atom. The lowest BCUT2D eigenvalue weighted by Crippen LogP contribution is -1.95. The molecule has 0 amide bonds. The van der Waals surface area contributed by atoms with E-state index in [4.69, 9.17) is 5.11 Å². The lowest BCUT2D eigenvalue weighted by Gasteiger charge is -1.97. The molecule has 0 aromatic heterocycles. The van der Waals surface area contributed by atoms with E-state index in [1.165, 1.54) is 5.56 Å². The predicted molar refractivity (Wildman–Crippen MR) is 72.6 cm³/mol. The first-order chi connectivity index (χ1) is 8.75. The summed E-state index contributed by atoms with van der Waals surface area (Å²) in [5.74, 6) is -0.895. The molecule has 18 heavy (non-hydrogen) atoms. The molecule has 0 fully saturated rings. The molecule has 0 heterocycles. The Hall–Kier alpha value is -2.35. The standard InChI is InChI=1S/C16H14O2/c17-16(18)15-11-5-10-14(12-15)9-4-8-13-6-2-1-3-7-13/h1-7,9-12H,8H2,(H,17,18)/b9-4+. The fourth-order valence-electron chi connectivity index (χ4n) is 1.72. The van der Waals surface area contributed by atoms with Gasteiger partial charge < -0.3 is 5.11 Å². The minimum atomic E-state index is -0.895. The highest BCUT2D eigenvalue weighted by atomic mass is 16.4. The van der Waals surface area contributed by atoms with Crippen LogP contribution in [0, 0.1) is 0 Å². The molecule has 2 heteroatoms. The van der Waals surface area contributed by atoms with E-state index < -0.39 is 5.97 Å². The highest BCUT2D eigenvalue weighted by Crippen LogP contribution is 2.08. The molecule has 0 aliphatic heterocycles. The van der Waals surface area contributed by atoms with Gasteiger partial charge in [-0.15, -0.1) is 0 Å². The quantitative estimate of drug-likeness (QED) is 0.882. The van der Waals surface area contributed by atoms with Crippen molar-refractivity contribution >= 4 is 12.0 Å². The zero-order chi connectivity index (χ0) is 12.8. The molecule has 2 aromatic rings. The van der Waals surface area contributed by atoms with Crippen LogP contribution in [0.4, 0.5) is 0 Å². The smallest absolute Gasteiger partial charge is 0.335 e. The SMILES string of the molecule is O=C(O)c1cccc(/C=C/Cc2ccccc2)c1. The van der Waals surface area contributed by atoms with E-state index in [9.17, 15) is 4.79 Å². The van der Waals surface area contributed by atoms with E-state index in [0.717, 1.165) is 12.0 Å². The largest absolute Gasteiger partial charge is 0.478 e. The Balaban J connectivity index is 2.05. The predicted octanol–water partition coefficient (Wildman–Crippen LogP) is 3.64. The van der Waals surface area contributed by atoms with Gasteiger partial charge in [-0.3, -0.25) is 0 Å².